The minimum absolute atomic E-state index is 0.870. The number of fused-ring (bicyclic) bond motifs is 3. The number of nitrogens with zero attached hydrogens (tertiary/aromatic N) is 1. The summed E-state index contributed by atoms with van der Waals surface area (Å²) in [6.45, 7) is 0.881. The number of benzene rings is 3. The lowest BCUT2D eigenvalue weighted by Crippen LogP contribution is -2.15. The molecule has 0 bridgehead atoms. The van der Waals surface area contributed by atoms with Crippen LogP contribution in [0, 0.1) is 0 Å². The molecule has 4 rings (SSSR count). The molecule has 2 nitrogen and oxygen atoms in total. The molecule has 0 saturated carbocycles. The number of aliphatic imine (C=N–C) groups is 1. The summed E-state index contributed by atoms with van der Waals surface area (Å²) in [6.07, 6.45) is 1.90. The zero-order valence-corrected chi connectivity index (χ0v) is 13.3. The Balaban J connectivity index is 1.71. The van der Waals surface area contributed by atoms with Crippen molar-refractivity contribution in [2.75, 3.05) is 13.7 Å². The Morgan fingerprint density at radius 3 is 2.61 bits per heavy atom. The predicted molar refractivity (Wildman–Crippen MR) is 95.8 cm³/mol. The molecule has 1 aliphatic rings. The monoisotopic (exact) mass is 301 g/mol. The highest BCUT2D eigenvalue weighted by molar-refractivity contribution is 6.07. The van der Waals surface area contributed by atoms with Crippen LogP contribution in [-0.4, -0.2) is 19.4 Å². The molecule has 3 aromatic carbocycles. The maximum absolute atomic E-state index is 5.23. The lowest BCUT2D eigenvalue weighted by molar-refractivity contribution is 0.414. The van der Waals surface area contributed by atoms with E-state index in [1.165, 1.54) is 33.2 Å². The van der Waals surface area contributed by atoms with Crippen molar-refractivity contribution in [3.05, 3.63) is 77.4 Å². The van der Waals surface area contributed by atoms with E-state index in [4.69, 9.17) is 9.73 Å². The van der Waals surface area contributed by atoms with Gasteiger partial charge in [0.25, 0.3) is 0 Å². The second kappa shape index (κ2) is 5.88. The molecule has 0 N–H and O–H groups in total. The zero-order chi connectivity index (χ0) is 15.6. The van der Waals surface area contributed by atoms with Crippen LogP contribution in [0.2, 0.25) is 0 Å². The molecule has 1 aliphatic heterocycles. The second-order valence-electron chi connectivity index (χ2n) is 5.92. The summed E-state index contributed by atoms with van der Waals surface area (Å²) in [4.78, 5) is 4.80. The summed E-state index contributed by atoms with van der Waals surface area (Å²) in [5, 5.41) is 2.68. The minimum atomic E-state index is 0.870. The topological polar surface area (TPSA) is 21.6 Å². The second-order valence-corrected chi connectivity index (χ2v) is 5.92. The Labute approximate surface area is 136 Å². The normalized spacial score (nSPS) is 13.5. The molecule has 0 saturated heterocycles. The van der Waals surface area contributed by atoms with Gasteiger partial charge in [0.1, 0.15) is 5.75 Å². The SMILES string of the molecule is COc1ccc(CC2=NCCc3c2ccc2ccccc32)cc1. The molecule has 2 heteroatoms. The summed E-state index contributed by atoms with van der Waals surface area (Å²) in [5.74, 6) is 0.894. The average Bonchev–Trinajstić information content (AvgIpc) is 2.62. The highest BCUT2D eigenvalue weighted by Crippen LogP contribution is 2.27. The average molecular weight is 301 g/mol. The number of methoxy groups -OCH3 is 1. The van der Waals surface area contributed by atoms with Gasteiger partial charge in [-0.15, -0.1) is 0 Å². The maximum Gasteiger partial charge on any atom is 0.118 e. The number of hydrogen-bond acceptors (Lipinski definition) is 2. The Bertz CT molecular complexity index is 878. The number of hydrogen-bond donors (Lipinski definition) is 0. The largest absolute Gasteiger partial charge is 0.497 e. The third-order valence-electron chi connectivity index (χ3n) is 4.55. The fourth-order valence-electron chi connectivity index (χ4n) is 3.35. The van der Waals surface area contributed by atoms with Crippen LogP contribution < -0.4 is 4.74 Å². The van der Waals surface area contributed by atoms with Crippen LogP contribution in [-0.2, 0) is 12.8 Å². The Morgan fingerprint density at radius 1 is 0.957 bits per heavy atom. The van der Waals surface area contributed by atoms with E-state index in [0.29, 0.717) is 0 Å². The molecule has 0 atom stereocenters. The van der Waals surface area contributed by atoms with Crippen molar-refractivity contribution in [2.24, 2.45) is 4.99 Å². The predicted octanol–water partition coefficient (Wildman–Crippen LogP) is 4.44. The van der Waals surface area contributed by atoms with Crippen LogP contribution in [0.1, 0.15) is 16.7 Å². The lowest BCUT2D eigenvalue weighted by atomic mass is 9.90. The number of rotatable bonds is 3. The Hall–Kier alpha value is -2.61. The van der Waals surface area contributed by atoms with Crippen LogP contribution in [0.3, 0.4) is 0 Å². The maximum atomic E-state index is 5.23. The Morgan fingerprint density at radius 2 is 1.78 bits per heavy atom. The van der Waals surface area contributed by atoms with Gasteiger partial charge in [0, 0.05) is 18.7 Å². The van der Waals surface area contributed by atoms with Crippen LogP contribution in [0.4, 0.5) is 0 Å². The molecule has 23 heavy (non-hydrogen) atoms. The van der Waals surface area contributed by atoms with Gasteiger partial charge in [-0.2, -0.15) is 0 Å². The van der Waals surface area contributed by atoms with Gasteiger partial charge in [-0.05, 0) is 46.0 Å². The van der Waals surface area contributed by atoms with E-state index in [9.17, 15) is 0 Å². The van der Waals surface area contributed by atoms with Crippen molar-refractivity contribution < 1.29 is 4.74 Å². The third-order valence-corrected chi connectivity index (χ3v) is 4.55. The molecule has 0 unspecified atom stereocenters. The van der Waals surface area contributed by atoms with E-state index >= 15 is 0 Å². The summed E-state index contributed by atoms with van der Waals surface area (Å²) in [5.41, 5.74) is 5.22. The van der Waals surface area contributed by atoms with Gasteiger partial charge in [0.05, 0.1) is 7.11 Å². The van der Waals surface area contributed by atoms with Gasteiger partial charge in [-0.3, -0.25) is 4.99 Å². The van der Waals surface area contributed by atoms with Crippen molar-refractivity contribution in [3.8, 4) is 5.75 Å². The molecule has 3 aromatic rings. The molecular weight excluding hydrogens is 282 g/mol. The van der Waals surface area contributed by atoms with E-state index in [1.807, 2.05) is 12.1 Å². The lowest BCUT2D eigenvalue weighted by Gasteiger charge is -2.19. The first-order valence-corrected chi connectivity index (χ1v) is 8.02. The molecule has 0 amide bonds. The molecule has 114 valence electrons. The zero-order valence-electron chi connectivity index (χ0n) is 13.3. The van der Waals surface area contributed by atoms with Crippen LogP contribution in [0.5, 0.6) is 5.75 Å². The smallest absolute Gasteiger partial charge is 0.118 e. The summed E-state index contributed by atoms with van der Waals surface area (Å²) in [7, 11) is 1.70. The van der Waals surface area contributed by atoms with Crippen molar-refractivity contribution >= 4 is 16.5 Å². The van der Waals surface area contributed by atoms with Crippen molar-refractivity contribution in [3.63, 3.8) is 0 Å². The van der Waals surface area contributed by atoms with E-state index in [-0.39, 0.29) is 0 Å². The van der Waals surface area contributed by atoms with E-state index in [2.05, 4.69) is 48.5 Å². The summed E-state index contributed by atoms with van der Waals surface area (Å²) >= 11 is 0. The summed E-state index contributed by atoms with van der Waals surface area (Å²) in [6, 6.07) is 21.4. The van der Waals surface area contributed by atoms with Gasteiger partial charge in [0.15, 0.2) is 0 Å². The van der Waals surface area contributed by atoms with Gasteiger partial charge in [-0.25, -0.2) is 0 Å². The molecule has 0 aromatic heterocycles. The van der Waals surface area contributed by atoms with Crippen LogP contribution in [0.15, 0.2) is 65.7 Å². The first kappa shape index (κ1) is 14.0. The first-order chi connectivity index (χ1) is 11.3. The quantitative estimate of drug-likeness (QED) is 0.701. The minimum Gasteiger partial charge on any atom is -0.497 e. The van der Waals surface area contributed by atoms with E-state index in [1.54, 1.807) is 7.11 Å². The Kier molecular flexibility index (Phi) is 3.58. The van der Waals surface area contributed by atoms with Gasteiger partial charge in [-0.1, -0.05) is 48.5 Å². The van der Waals surface area contributed by atoms with Crippen molar-refractivity contribution in [2.45, 2.75) is 12.8 Å². The van der Waals surface area contributed by atoms with Gasteiger partial charge in [0.2, 0.25) is 0 Å². The molecule has 1 heterocycles. The van der Waals surface area contributed by atoms with Crippen molar-refractivity contribution in [1.29, 1.82) is 0 Å². The molecule has 0 aliphatic carbocycles. The van der Waals surface area contributed by atoms with E-state index < -0.39 is 0 Å². The fraction of sp³-hybridized carbons (Fsp3) is 0.190. The molecular formula is C21H19NO. The third kappa shape index (κ3) is 2.61. The van der Waals surface area contributed by atoms with Crippen LogP contribution >= 0.6 is 0 Å². The summed E-state index contributed by atoms with van der Waals surface area (Å²) < 4.78 is 5.23. The highest BCUT2D eigenvalue weighted by Gasteiger charge is 2.16. The number of ether oxygens (including phenoxy) is 1. The highest BCUT2D eigenvalue weighted by atomic mass is 16.5. The standard InChI is InChI=1S/C21H19NO/c1-23-17-9-6-15(7-10-17)14-21-20-11-8-16-4-2-3-5-18(16)19(20)12-13-22-21/h2-11H,12-14H2,1H3. The van der Waals surface area contributed by atoms with E-state index in [0.717, 1.165) is 25.1 Å². The van der Waals surface area contributed by atoms with Gasteiger partial charge >= 0.3 is 0 Å². The van der Waals surface area contributed by atoms with Crippen LogP contribution in [0.25, 0.3) is 10.8 Å². The molecule has 0 fully saturated rings. The van der Waals surface area contributed by atoms with Gasteiger partial charge < -0.3 is 4.74 Å². The first-order valence-electron chi connectivity index (χ1n) is 8.02. The van der Waals surface area contributed by atoms with Crippen molar-refractivity contribution in [1.82, 2.24) is 0 Å². The fourth-order valence-corrected chi connectivity index (χ4v) is 3.35. The molecule has 0 radical (unpaired) electrons. The molecule has 0 spiro atoms.